The SMILES string of the molecule is CNC(=O)C1=CC(OC)=C=C(NCC#Cc2nn3c(NC4CCN(C5(C#N)COC5)CC4)cccc3c2SC(F)(F)F)C=C1. The summed E-state index contributed by atoms with van der Waals surface area (Å²) in [5.74, 6) is 6.22. The molecule has 14 heteroatoms. The number of methoxy groups -OCH3 is 1. The molecule has 0 atom stereocenters. The molecule has 1 amide bonds. The van der Waals surface area contributed by atoms with Gasteiger partial charge in [0.05, 0.1) is 49.0 Å². The topological polar surface area (TPSA) is 116 Å². The summed E-state index contributed by atoms with van der Waals surface area (Å²) in [5, 5.41) is 23.1. The fourth-order valence-corrected chi connectivity index (χ4v) is 5.75. The van der Waals surface area contributed by atoms with E-state index in [1.807, 2.05) is 0 Å². The largest absolute Gasteiger partial charge is 0.489 e. The molecule has 1 aliphatic carbocycles. The average molecular weight is 626 g/mol. The van der Waals surface area contributed by atoms with E-state index in [2.05, 4.69) is 49.6 Å². The van der Waals surface area contributed by atoms with Crippen molar-refractivity contribution in [2.45, 2.75) is 34.8 Å². The summed E-state index contributed by atoms with van der Waals surface area (Å²) in [6, 6.07) is 7.48. The molecule has 2 aliphatic heterocycles. The normalized spacial score (nSPS) is 18.4. The van der Waals surface area contributed by atoms with Gasteiger partial charge in [0.2, 0.25) is 0 Å². The van der Waals surface area contributed by atoms with Crippen LogP contribution in [0.4, 0.5) is 19.0 Å². The number of rotatable bonds is 8. The predicted molar refractivity (Wildman–Crippen MR) is 158 cm³/mol. The van der Waals surface area contributed by atoms with Crippen molar-refractivity contribution >= 4 is 29.0 Å². The smallest absolute Gasteiger partial charge is 0.446 e. The van der Waals surface area contributed by atoms with Crippen molar-refractivity contribution in [3.8, 4) is 17.9 Å². The van der Waals surface area contributed by atoms with Gasteiger partial charge < -0.3 is 25.4 Å². The number of pyridine rings is 1. The van der Waals surface area contributed by atoms with Crippen LogP contribution in [-0.2, 0) is 14.3 Å². The van der Waals surface area contributed by atoms with E-state index in [-0.39, 0.29) is 46.4 Å². The number of carbonyl (C=O) groups excluding carboxylic acids is 1. The second-order valence-electron chi connectivity index (χ2n) is 10.2. The minimum absolute atomic E-state index is 0.00113. The summed E-state index contributed by atoms with van der Waals surface area (Å²) in [5.41, 5.74) is -0.972. The number of anilines is 1. The first-order valence-corrected chi connectivity index (χ1v) is 14.6. The summed E-state index contributed by atoms with van der Waals surface area (Å²) in [6.45, 7) is 2.29. The quantitative estimate of drug-likeness (QED) is 0.231. The number of allylic oxidation sites excluding steroid dienone is 1. The number of hydrogen-bond donors (Lipinski definition) is 3. The van der Waals surface area contributed by atoms with Crippen LogP contribution < -0.4 is 16.0 Å². The van der Waals surface area contributed by atoms with Crippen molar-refractivity contribution in [1.82, 2.24) is 25.1 Å². The summed E-state index contributed by atoms with van der Waals surface area (Å²) in [4.78, 5) is 14.1. The van der Waals surface area contributed by atoms with Crippen LogP contribution in [0.2, 0.25) is 0 Å². The average Bonchev–Trinajstić information content (AvgIpc) is 3.18. The molecule has 10 nitrogen and oxygen atoms in total. The van der Waals surface area contributed by atoms with Gasteiger partial charge in [0.1, 0.15) is 11.5 Å². The van der Waals surface area contributed by atoms with Crippen molar-refractivity contribution in [3.63, 3.8) is 0 Å². The highest BCUT2D eigenvalue weighted by Crippen LogP contribution is 2.41. The van der Waals surface area contributed by atoms with Crippen molar-refractivity contribution in [3.05, 3.63) is 64.9 Å². The molecular weight excluding hydrogens is 595 g/mol. The second-order valence-corrected chi connectivity index (χ2v) is 11.3. The van der Waals surface area contributed by atoms with Crippen molar-refractivity contribution in [1.29, 1.82) is 5.26 Å². The maximum Gasteiger partial charge on any atom is 0.446 e. The van der Waals surface area contributed by atoms with E-state index < -0.39 is 11.0 Å². The Hall–Kier alpha value is -4.33. The number of hydrogen-bond acceptors (Lipinski definition) is 9. The minimum Gasteiger partial charge on any atom is -0.489 e. The molecule has 0 spiro atoms. The summed E-state index contributed by atoms with van der Waals surface area (Å²) >= 11 is -0.247. The number of nitrogens with zero attached hydrogens (tertiary/aromatic N) is 4. The van der Waals surface area contributed by atoms with E-state index in [4.69, 9.17) is 9.47 Å². The monoisotopic (exact) mass is 625 g/mol. The Morgan fingerprint density at radius 2 is 2.07 bits per heavy atom. The number of likely N-dealkylation sites (N-methyl/N-ethyl adjacent to an activating group) is 1. The highest BCUT2D eigenvalue weighted by molar-refractivity contribution is 8.00. The Morgan fingerprint density at radius 3 is 2.70 bits per heavy atom. The second kappa shape index (κ2) is 13.1. The molecule has 2 aromatic rings. The Balaban J connectivity index is 1.33. The van der Waals surface area contributed by atoms with E-state index in [9.17, 15) is 23.2 Å². The fourth-order valence-electron chi connectivity index (χ4n) is 5.07. The number of likely N-dealkylation sites (tertiary alicyclic amines) is 1. The van der Waals surface area contributed by atoms with Crippen LogP contribution >= 0.6 is 11.8 Å². The summed E-state index contributed by atoms with van der Waals surface area (Å²) in [6.07, 6.45) is 6.28. The van der Waals surface area contributed by atoms with E-state index in [1.54, 1.807) is 30.4 Å². The lowest BCUT2D eigenvalue weighted by atomic mass is 9.92. The van der Waals surface area contributed by atoms with Gasteiger partial charge in [0.15, 0.2) is 11.3 Å². The van der Waals surface area contributed by atoms with Crippen molar-refractivity contribution < 1.29 is 27.4 Å². The maximum absolute atomic E-state index is 13.6. The number of carbonyl (C=O) groups is 1. The van der Waals surface area contributed by atoms with Gasteiger partial charge >= 0.3 is 5.51 Å². The number of ether oxygens (including phenoxy) is 2. The van der Waals surface area contributed by atoms with Gasteiger partial charge in [0.25, 0.3) is 5.91 Å². The zero-order valence-corrected chi connectivity index (χ0v) is 24.9. The molecule has 0 aromatic carbocycles. The fraction of sp³-hybridized carbons (Fsp3) is 0.400. The van der Waals surface area contributed by atoms with Gasteiger partial charge in [-0.3, -0.25) is 9.69 Å². The molecule has 0 bridgehead atoms. The molecule has 2 fully saturated rings. The molecule has 3 aliphatic rings. The molecule has 2 aromatic heterocycles. The molecule has 4 heterocycles. The third-order valence-electron chi connectivity index (χ3n) is 7.43. The van der Waals surface area contributed by atoms with Gasteiger partial charge in [-0.15, -0.1) is 0 Å². The first kappa shape index (κ1) is 31.1. The molecule has 230 valence electrons. The minimum atomic E-state index is -4.54. The number of aromatic nitrogens is 2. The first-order chi connectivity index (χ1) is 21.1. The number of nitrogens with one attached hydrogen (secondary N) is 3. The van der Waals surface area contributed by atoms with Crippen molar-refractivity contribution in [2.75, 3.05) is 52.3 Å². The van der Waals surface area contributed by atoms with Gasteiger partial charge in [-0.25, -0.2) is 4.52 Å². The molecule has 2 saturated heterocycles. The lowest BCUT2D eigenvalue weighted by Gasteiger charge is -2.47. The van der Waals surface area contributed by atoms with Gasteiger partial charge in [0, 0.05) is 37.8 Å². The number of piperidine rings is 1. The zero-order valence-electron chi connectivity index (χ0n) is 24.0. The maximum atomic E-state index is 13.6. The molecule has 0 saturated carbocycles. The predicted octanol–water partition coefficient (Wildman–Crippen LogP) is 3.31. The van der Waals surface area contributed by atoms with Crippen LogP contribution in [0.3, 0.4) is 0 Å². The molecular formula is C30H30F3N7O3S. The Bertz CT molecular complexity index is 1660. The molecule has 0 radical (unpaired) electrons. The Labute approximate surface area is 256 Å². The molecule has 5 rings (SSSR count). The van der Waals surface area contributed by atoms with E-state index in [0.717, 1.165) is 12.8 Å². The van der Waals surface area contributed by atoms with Gasteiger partial charge in [-0.1, -0.05) is 12.0 Å². The van der Waals surface area contributed by atoms with Crippen LogP contribution in [-0.4, -0.2) is 84.5 Å². The number of thioether (sulfide) groups is 1. The van der Waals surface area contributed by atoms with Crippen molar-refractivity contribution in [2.24, 2.45) is 0 Å². The summed E-state index contributed by atoms with van der Waals surface area (Å²) in [7, 11) is 2.97. The van der Waals surface area contributed by atoms with Crippen LogP contribution in [0, 0.1) is 23.2 Å². The third-order valence-corrected chi connectivity index (χ3v) is 8.27. The number of nitriles is 1. The third kappa shape index (κ3) is 6.90. The van der Waals surface area contributed by atoms with Crippen LogP contribution in [0.1, 0.15) is 18.5 Å². The lowest BCUT2D eigenvalue weighted by Crippen LogP contribution is -2.63. The van der Waals surface area contributed by atoms with E-state index in [0.29, 0.717) is 49.2 Å². The number of alkyl halides is 3. The molecule has 44 heavy (non-hydrogen) atoms. The number of amides is 1. The standard InChI is InChI=1S/C30H30F3N7O3S/c1-35-28(41)20-8-9-22(16-23(15-20)42-2)36-12-4-5-24-27(44-30(31,32)33)25-6-3-7-26(40(25)38-24)37-21-10-13-39(14-11-21)29(17-34)18-43-19-29/h3,6-9,15,21,36-37H,10-14,18-19H2,1-2H3,(H,35,41). The number of fused-ring (bicyclic) bond motifs is 1. The molecule has 0 unspecified atom stereocenters. The Kier molecular flexibility index (Phi) is 9.28. The van der Waals surface area contributed by atoms with E-state index in [1.165, 1.54) is 24.7 Å². The highest BCUT2D eigenvalue weighted by Gasteiger charge is 2.45. The van der Waals surface area contributed by atoms with E-state index >= 15 is 0 Å². The molecule has 3 N–H and O–H groups in total. The van der Waals surface area contributed by atoms with Gasteiger partial charge in [-0.05, 0) is 60.5 Å². The first-order valence-electron chi connectivity index (χ1n) is 13.8. The van der Waals surface area contributed by atoms with Gasteiger partial charge in [-0.2, -0.15) is 23.5 Å². The summed E-state index contributed by atoms with van der Waals surface area (Å²) < 4.78 is 52.8. The Morgan fingerprint density at radius 1 is 1.30 bits per heavy atom. The highest BCUT2D eigenvalue weighted by atomic mass is 32.2. The zero-order chi connectivity index (χ0) is 31.3. The van der Waals surface area contributed by atoms with Crippen LogP contribution in [0.15, 0.2) is 64.1 Å². The lowest BCUT2D eigenvalue weighted by molar-refractivity contribution is -0.116. The van der Waals surface area contributed by atoms with Crippen LogP contribution in [0.5, 0.6) is 0 Å². The number of halogens is 3. The van der Waals surface area contributed by atoms with Crippen LogP contribution in [0.25, 0.3) is 5.52 Å².